The lowest BCUT2D eigenvalue weighted by Gasteiger charge is -2.14. The first-order valence-electron chi connectivity index (χ1n) is 22.0. The Hall–Kier alpha value is -8.60. The molecule has 0 N–H and O–H groups in total. The third kappa shape index (κ3) is 4.88. The van der Waals surface area contributed by atoms with Crippen LogP contribution in [0.5, 0.6) is 0 Å². The van der Waals surface area contributed by atoms with Gasteiger partial charge in [0.1, 0.15) is 0 Å². The predicted molar refractivity (Wildman–Crippen MR) is 269 cm³/mol. The number of benzene rings is 10. The second-order valence-electron chi connectivity index (χ2n) is 16.9. The Morgan fingerprint density at radius 3 is 0.891 bits per heavy atom. The Morgan fingerprint density at radius 1 is 0.188 bits per heavy atom. The van der Waals surface area contributed by atoms with E-state index in [2.05, 4.69) is 249 Å². The minimum atomic E-state index is 1.13. The highest BCUT2D eigenvalue weighted by Crippen LogP contribution is 2.44. The van der Waals surface area contributed by atoms with Crippen LogP contribution >= 0.6 is 0 Å². The van der Waals surface area contributed by atoms with Crippen LogP contribution in [-0.4, -0.2) is 18.3 Å². The summed E-state index contributed by atoms with van der Waals surface area (Å²) in [5.74, 6) is 0. The number of rotatable bonds is 5. The first-order valence-corrected chi connectivity index (χ1v) is 22.0. The molecule has 0 atom stereocenters. The maximum absolute atomic E-state index is 2.48. The number of hydrogen-bond acceptors (Lipinski definition) is 0. The third-order valence-electron chi connectivity index (χ3n) is 13.5. The van der Waals surface area contributed by atoms with E-state index in [4.69, 9.17) is 0 Å². The van der Waals surface area contributed by atoms with Gasteiger partial charge in [-0.25, -0.2) is 0 Å². The average Bonchev–Trinajstić information content (AvgIpc) is 4.10. The molecule has 0 fully saturated rings. The SMILES string of the molecule is c1ccc(-n2c3ccccc3c3ccc4c5ccccc5n(-c5ccc(-c6cccc(-n7c8ccccc8c8ccc9c%10ccccc%10n(-c%10ccccc%10)c9c87)c6)cc5)c4c32)cc1. The molecular weight excluding hydrogens is 777 g/mol. The van der Waals surface area contributed by atoms with Gasteiger partial charge in [-0.15, -0.1) is 0 Å². The summed E-state index contributed by atoms with van der Waals surface area (Å²) in [5.41, 5.74) is 16.5. The molecule has 0 spiro atoms. The summed E-state index contributed by atoms with van der Waals surface area (Å²) in [6, 6.07) is 84.3. The molecule has 0 amide bonds. The van der Waals surface area contributed by atoms with Gasteiger partial charge in [-0.1, -0.05) is 158 Å². The molecule has 0 aliphatic heterocycles. The molecule has 0 aliphatic carbocycles. The van der Waals surface area contributed by atoms with Crippen molar-refractivity contribution in [1.82, 2.24) is 18.3 Å². The molecule has 4 nitrogen and oxygen atoms in total. The standard InChI is InChI=1S/C60H38N4/c1-3-17-41(18-4-1)61-53-26-11-7-22-45(53)49-34-35-50-47-24-9-13-28-55(47)63(58(50)57(49)61)43-32-30-39(31-33-43)40-16-15-21-44(38-40)64-56-29-14-10-25-48(56)52-37-36-51-46-23-8-12-27-54(46)62(59(51)60(52)64)42-19-5-2-6-20-42/h1-38H. The summed E-state index contributed by atoms with van der Waals surface area (Å²) in [5, 5.41) is 9.96. The van der Waals surface area contributed by atoms with E-state index in [0.29, 0.717) is 0 Å². The van der Waals surface area contributed by atoms with Crippen LogP contribution in [0.15, 0.2) is 231 Å². The van der Waals surface area contributed by atoms with Crippen molar-refractivity contribution in [2.75, 3.05) is 0 Å². The summed E-state index contributed by atoms with van der Waals surface area (Å²) < 4.78 is 9.86. The van der Waals surface area contributed by atoms with Gasteiger partial charge in [-0.3, -0.25) is 0 Å². The fourth-order valence-corrected chi connectivity index (χ4v) is 10.9. The Labute approximate surface area is 368 Å². The highest BCUT2D eigenvalue weighted by atomic mass is 15.1. The second-order valence-corrected chi connectivity index (χ2v) is 16.9. The van der Waals surface area contributed by atoms with Crippen LogP contribution in [0.2, 0.25) is 0 Å². The number of aromatic nitrogens is 4. The van der Waals surface area contributed by atoms with E-state index in [1.807, 2.05) is 0 Å². The van der Waals surface area contributed by atoms with Gasteiger partial charge in [0.05, 0.1) is 44.1 Å². The summed E-state index contributed by atoms with van der Waals surface area (Å²) >= 11 is 0. The van der Waals surface area contributed by atoms with Gasteiger partial charge in [0.15, 0.2) is 0 Å². The van der Waals surface area contributed by atoms with Crippen molar-refractivity contribution < 1.29 is 0 Å². The minimum absolute atomic E-state index is 1.13. The molecule has 0 saturated carbocycles. The van der Waals surface area contributed by atoms with Crippen molar-refractivity contribution in [3.63, 3.8) is 0 Å². The van der Waals surface area contributed by atoms with Gasteiger partial charge in [-0.05, 0) is 83.9 Å². The van der Waals surface area contributed by atoms with E-state index in [1.54, 1.807) is 0 Å². The van der Waals surface area contributed by atoms with Crippen LogP contribution in [0.4, 0.5) is 0 Å². The molecule has 4 heterocycles. The molecule has 10 aromatic carbocycles. The van der Waals surface area contributed by atoms with Crippen LogP contribution < -0.4 is 0 Å². The molecule has 14 aromatic rings. The third-order valence-corrected chi connectivity index (χ3v) is 13.5. The van der Waals surface area contributed by atoms with Crippen molar-refractivity contribution in [3.8, 4) is 33.9 Å². The van der Waals surface area contributed by atoms with Gasteiger partial charge < -0.3 is 18.3 Å². The quantitative estimate of drug-likeness (QED) is 0.165. The van der Waals surface area contributed by atoms with E-state index >= 15 is 0 Å². The summed E-state index contributed by atoms with van der Waals surface area (Å²) in [4.78, 5) is 0. The van der Waals surface area contributed by atoms with Gasteiger partial charge in [0, 0.05) is 65.8 Å². The Bertz CT molecular complexity index is 4160. The molecule has 14 rings (SSSR count). The molecule has 0 radical (unpaired) electrons. The zero-order valence-corrected chi connectivity index (χ0v) is 34.7. The number of hydrogen-bond donors (Lipinski definition) is 0. The summed E-state index contributed by atoms with van der Waals surface area (Å²) in [7, 11) is 0. The smallest absolute Gasteiger partial charge is 0.0788 e. The van der Waals surface area contributed by atoms with E-state index in [0.717, 1.165) is 22.7 Å². The molecule has 4 aromatic heterocycles. The Kier molecular flexibility index (Phi) is 7.36. The average molecular weight is 815 g/mol. The predicted octanol–water partition coefficient (Wildman–Crippen LogP) is 15.7. The fraction of sp³-hybridized carbons (Fsp3) is 0. The lowest BCUT2D eigenvalue weighted by molar-refractivity contribution is 1.15. The fourth-order valence-electron chi connectivity index (χ4n) is 10.9. The molecule has 0 aliphatic rings. The van der Waals surface area contributed by atoms with Crippen molar-refractivity contribution >= 4 is 87.2 Å². The lowest BCUT2D eigenvalue weighted by Crippen LogP contribution is -1.99. The van der Waals surface area contributed by atoms with E-state index in [1.165, 1.54) is 98.4 Å². The van der Waals surface area contributed by atoms with Gasteiger partial charge in [0.2, 0.25) is 0 Å². The zero-order valence-electron chi connectivity index (χ0n) is 34.7. The van der Waals surface area contributed by atoms with Crippen molar-refractivity contribution in [1.29, 1.82) is 0 Å². The number of fused-ring (bicyclic) bond motifs is 14. The minimum Gasteiger partial charge on any atom is -0.307 e. The van der Waals surface area contributed by atoms with Gasteiger partial charge in [-0.2, -0.15) is 0 Å². The topological polar surface area (TPSA) is 19.7 Å². The number of para-hydroxylation sites is 6. The Balaban J connectivity index is 0.976. The van der Waals surface area contributed by atoms with Crippen molar-refractivity contribution in [2.24, 2.45) is 0 Å². The first-order chi connectivity index (χ1) is 31.8. The summed E-state index contributed by atoms with van der Waals surface area (Å²) in [6.45, 7) is 0. The zero-order chi connectivity index (χ0) is 41.9. The lowest BCUT2D eigenvalue weighted by atomic mass is 10.0. The molecule has 0 bridgehead atoms. The molecule has 64 heavy (non-hydrogen) atoms. The van der Waals surface area contributed by atoms with Gasteiger partial charge in [0.25, 0.3) is 0 Å². The molecular formula is C60H38N4. The number of nitrogens with zero attached hydrogens (tertiary/aromatic N) is 4. The van der Waals surface area contributed by atoms with Crippen LogP contribution in [0.25, 0.3) is 121 Å². The molecule has 298 valence electrons. The van der Waals surface area contributed by atoms with Crippen LogP contribution in [0, 0.1) is 0 Å². The van der Waals surface area contributed by atoms with Crippen molar-refractivity contribution in [3.05, 3.63) is 231 Å². The first kappa shape index (κ1) is 35.0. The maximum Gasteiger partial charge on any atom is 0.0788 e. The van der Waals surface area contributed by atoms with Crippen LogP contribution in [0.1, 0.15) is 0 Å². The van der Waals surface area contributed by atoms with E-state index in [9.17, 15) is 0 Å². The van der Waals surface area contributed by atoms with Crippen LogP contribution in [0.3, 0.4) is 0 Å². The maximum atomic E-state index is 2.48. The highest BCUT2D eigenvalue weighted by Gasteiger charge is 2.23. The normalized spacial score (nSPS) is 12.1. The molecule has 0 unspecified atom stereocenters. The van der Waals surface area contributed by atoms with Crippen molar-refractivity contribution in [2.45, 2.75) is 0 Å². The monoisotopic (exact) mass is 814 g/mol. The summed E-state index contributed by atoms with van der Waals surface area (Å²) in [6.07, 6.45) is 0. The molecule has 4 heteroatoms. The highest BCUT2D eigenvalue weighted by molar-refractivity contribution is 6.25. The van der Waals surface area contributed by atoms with Crippen LogP contribution in [-0.2, 0) is 0 Å². The second kappa shape index (κ2) is 13.4. The van der Waals surface area contributed by atoms with Gasteiger partial charge >= 0.3 is 0 Å². The largest absolute Gasteiger partial charge is 0.307 e. The molecule has 0 saturated heterocycles. The Morgan fingerprint density at radius 2 is 0.500 bits per heavy atom. The van der Waals surface area contributed by atoms with E-state index in [-0.39, 0.29) is 0 Å². The van der Waals surface area contributed by atoms with E-state index < -0.39 is 0 Å².